The maximum Gasteiger partial charge on any atom is 0.225 e. The predicted molar refractivity (Wildman–Crippen MR) is 99.8 cm³/mol. The number of rotatable bonds is 4. The molecule has 0 radical (unpaired) electrons. The van der Waals surface area contributed by atoms with Crippen molar-refractivity contribution in [1.29, 1.82) is 0 Å². The molecule has 1 aromatic carbocycles. The van der Waals surface area contributed by atoms with Crippen molar-refractivity contribution in [2.45, 2.75) is 56.2 Å². The van der Waals surface area contributed by atoms with E-state index in [0.717, 1.165) is 35.3 Å². The Bertz CT molecular complexity index is 658. The topological polar surface area (TPSA) is 38.3 Å². The van der Waals surface area contributed by atoms with Gasteiger partial charge >= 0.3 is 0 Å². The van der Waals surface area contributed by atoms with E-state index in [-0.39, 0.29) is 11.3 Å². The molecule has 24 heavy (non-hydrogen) atoms. The van der Waals surface area contributed by atoms with Crippen molar-refractivity contribution in [3.8, 4) is 5.75 Å². The molecule has 1 N–H and O–H groups in total. The molecule has 0 spiro atoms. The van der Waals surface area contributed by atoms with Gasteiger partial charge in [-0.2, -0.15) is 0 Å². The van der Waals surface area contributed by atoms with Crippen LogP contribution < -0.4 is 10.1 Å². The second kappa shape index (κ2) is 5.76. The summed E-state index contributed by atoms with van der Waals surface area (Å²) in [6.07, 6.45) is 8.25. The van der Waals surface area contributed by atoms with Crippen LogP contribution >= 0.6 is 15.9 Å². The second-order valence-corrected chi connectivity index (χ2v) is 10.2. The van der Waals surface area contributed by atoms with Gasteiger partial charge in [-0.25, -0.2) is 0 Å². The molecule has 2 unspecified atom stereocenters. The number of ether oxygens (including phenoxy) is 1. The molecule has 4 heteroatoms. The highest BCUT2D eigenvalue weighted by Gasteiger charge is 2.57. The number of hydrogen-bond acceptors (Lipinski definition) is 2. The Balaban J connectivity index is 1.50. The molecule has 4 bridgehead atoms. The van der Waals surface area contributed by atoms with Crippen LogP contribution in [-0.2, 0) is 4.79 Å². The minimum absolute atomic E-state index is 0.136. The number of alkyl halides is 1. The first kappa shape index (κ1) is 16.4. The SMILES string of the molecule is COc1ccc(C)cc1NC(=O)CC12CC3CC(CC(Br)(C3)C1)C2. The molecule has 4 saturated carbocycles. The van der Waals surface area contributed by atoms with Gasteiger partial charge in [-0.15, -0.1) is 0 Å². The third kappa shape index (κ3) is 2.98. The predicted octanol–water partition coefficient (Wildman–Crippen LogP) is 5.07. The molecule has 4 fully saturated rings. The van der Waals surface area contributed by atoms with Crippen LogP contribution in [0.15, 0.2) is 18.2 Å². The van der Waals surface area contributed by atoms with Gasteiger partial charge < -0.3 is 10.1 Å². The van der Waals surface area contributed by atoms with Crippen molar-refractivity contribution in [1.82, 2.24) is 0 Å². The molecule has 5 rings (SSSR count). The van der Waals surface area contributed by atoms with Gasteiger partial charge in [0.15, 0.2) is 0 Å². The van der Waals surface area contributed by atoms with E-state index in [1.54, 1.807) is 7.11 Å². The lowest BCUT2D eigenvalue weighted by molar-refractivity contribution is -0.123. The largest absolute Gasteiger partial charge is 0.495 e. The zero-order valence-corrected chi connectivity index (χ0v) is 16.1. The number of halogens is 1. The van der Waals surface area contributed by atoms with E-state index < -0.39 is 0 Å². The van der Waals surface area contributed by atoms with Crippen LogP contribution in [0, 0.1) is 24.2 Å². The van der Waals surface area contributed by atoms with E-state index in [0.29, 0.717) is 10.7 Å². The van der Waals surface area contributed by atoms with E-state index >= 15 is 0 Å². The Labute approximate surface area is 152 Å². The first-order valence-corrected chi connectivity index (χ1v) is 9.81. The lowest BCUT2D eigenvalue weighted by Gasteiger charge is -2.60. The van der Waals surface area contributed by atoms with Crippen LogP contribution in [0.5, 0.6) is 5.75 Å². The third-order valence-corrected chi connectivity index (χ3v) is 7.20. The maximum absolute atomic E-state index is 12.8. The molecule has 4 aliphatic carbocycles. The molecule has 0 saturated heterocycles. The molecule has 3 nitrogen and oxygen atoms in total. The number of hydrogen-bond donors (Lipinski definition) is 1. The van der Waals surface area contributed by atoms with Gasteiger partial charge in [0, 0.05) is 10.7 Å². The van der Waals surface area contributed by atoms with E-state index in [2.05, 4.69) is 21.2 Å². The number of amides is 1. The molecule has 0 aromatic heterocycles. The molecule has 2 atom stereocenters. The summed E-state index contributed by atoms with van der Waals surface area (Å²) >= 11 is 4.03. The van der Waals surface area contributed by atoms with Crippen molar-refractivity contribution in [2.75, 3.05) is 12.4 Å². The highest BCUT2D eigenvalue weighted by molar-refractivity contribution is 9.10. The number of aryl methyl sites for hydroxylation is 1. The molecule has 1 aromatic rings. The summed E-state index contributed by atoms with van der Waals surface area (Å²) in [5.74, 6) is 2.49. The van der Waals surface area contributed by atoms with E-state index in [4.69, 9.17) is 4.74 Å². The minimum Gasteiger partial charge on any atom is -0.495 e. The molecule has 1 amide bonds. The fourth-order valence-electron chi connectivity index (χ4n) is 6.00. The number of benzene rings is 1. The smallest absolute Gasteiger partial charge is 0.225 e. The van der Waals surface area contributed by atoms with Crippen LogP contribution in [0.3, 0.4) is 0 Å². The second-order valence-electron chi connectivity index (χ2n) is 8.54. The van der Waals surface area contributed by atoms with E-state index in [1.807, 2.05) is 25.1 Å². The van der Waals surface area contributed by atoms with Gasteiger partial charge in [-0.1, -0.05) is 22.0 Å². The van der Waals surface area contributed by atoms with E-state index in [1.165, 1.54) is 32.1 Å². The summed E-state index contributed by atoms with van der Waals surface area (Å²) in [4.78, 5) is 12.8. The van der Waals surface area contributed by atoms with Gasteiger partial charge in [-0.3, -0.25) is 4.79 Å². The third-order valence-electron chi connectivity index (χ3n) is 6.28. The molecule has 0 heterocycles. The first-order valence-electron chi connectivity index (χ1n) is 9.02. The number of carbonyl (C=O) groups is 1. The summed E-state index contributed by atoms with van der Waals surface area (Å²) in [7, 11) is 1.65. The molecular formula is C20H26BrNO2. The Morgan fingerprint density at radius 1 is 1.29 bits per heavy atom. The van der Waals surface area contributed by atoms with Crippen molar-refractivity contribution < 1.29 is 9.53 Å². The van der Waals surface area contributed by atoms with Crippen LogP contribution in [0.1, 0.15) is 50.5 Å². The highest BCUT2D eigenvalue weighted by atomic mass is 79.9. The monoisotopic (exact) mass is 391 g/mol. The van der Waals surface area contributed by atoms with Gasteiger partial charge in [-0.05, 0) is 80.4 Å². The van der Waals surface area contributed by atoms with Crippen molar-refractivity contribution >= 4 is 27.5 Å². The fourth-order valence-corrected chi connectivity index (χ4v) is 7.51. The lowest BCUT2D eigenvalue weighted by atomic mass is 9.48. The van der Waals surface area contributed by atoms with Crippen LogP contribution in [-0.4, -0.2) is 17.3 Å². The summed E-state index contributed by atoms with van der Waals surface area (Å²) in [5.41, 5.74) is 2.12. The molecule has 0 aliphatic heterocycles. The highest BCUT2D eigenvalue weighted by Crippen LogP contribution is 2.65. The Morgan fingerprint density at radius 3 is 2.62 bits per heavy atom. The Kier molecular flexibility index (Phi) is 3.94. The van der Waals surface area contributed by atoms with Gasteiger partial charge in [0.25, 0.3) is 0 Å². The lowest BCUT2D eigenvalue weighted by Crippen LogP contribution is -2.53. The number of carbonyl (C=O) groups excluding carboxylic acids is 1. The van der Waals surface area contributed by atoms with Crippen LogP contribution in [0.25, 0.3) is 0 Å². The average Bonchev–Trinajstić information content (AvgIpc) is 2.43. The minimum atomic E-state index is 0.136. The zero-order chi connectivity index (χ0) is 16.9. The van der Waals surface area contributed by atoms with Crippen LogP contribution in [0.2, 0.25) is 0 Å². The number of methoxy groups -OCH3 is 1. The maximum atomic E-state index is 12.8. The summed E-state index contributed by atoms with van der Waals surface area (Å²) in [6, 6.07) is 5.91. The van der Waals surface area contributed by atoms with Gasteiger partial charge in [0.1, 0.15) is 5.75 Å². The first-order chi connectivity index (χ1) is 11.4. The summed E-state index contributed by atoms with van der Waals surface area (Å²) < 4.78 is 5.69. The Morgan fingerprint density at radius 2 is 2.00 bits per heavy atom. The number of nitrogens with one attached hydrogen (secondary N) is 1. The van der Waals surface area contributed by atoms with Crippen molar-refractivity contribution in [3.05, 3.63) is 23.8 Å². The molecule has 4 aliphatic rings. The quantitative estimate of drug-likeness (QED) is 0.727. The molecular weight excluding hydrogens is 366 g/mol. The van der Waals surface area contributed by atoms with Gasteiger partial charge in [0.05, 0.1) is 12.8 Å². The van der Waals surface area contributed by atoms with Crippen molar-refractivity contribution in [3.63, 3.8) is 0 Å². The standard InChI is InChI=1S/C20H26BrNO2/c1-13-3-4-17(24-2)16(5-13)22-18(23)11-19-7-14-6-15(8-19)10-20(21,9-14)12-19/h3-5,14-15H,6-12H2,1-2H3,(H,22,23). The van der Waals surface area contributed by atoms with Gasteiger partial charge in [0.2, 0.25) is 5.91 Å². The van der Waals surface area contributed by atoms with E-state index in [9.17, 15) is 4.79 Å². The number of anilines is 1. The summed E-state index contributed by atoms with van der Waals surface area (Å²) in [5, 5.41) is 3.11. The van der Waals surface area contributed by atoms with Crippen LogP contribution in [0.4, 0.5) is 5.69 Å². The molecule has 130 valence electrons. The normalized spacial score (nSPS) is 36.6. The van der Waals surface area contributed by atoms with Crippen molar-refractivity contribution in [2.24, 2.45) is 17.3 Å². The Hall–Kier alpha value is -1.03. The summed E-state index contributed by atoms with van der Waals surface area (Å²) in [6.45, 7) is 2.03. The fraction of sp³-hybridized carbons (Fsp3) is 0.650. The average molecular weight is 392 g/mol. The zero-order valence-electron chi connectivity index (χ0n) is 14.5.